The number of carbonyl (C=O) groups excluding carboxylic acids is 1. The van der Waals surface area contributed by atoms with Gasteiger partial charge in [0.15, 0.2) is 38.6 Å². The molecule has 3 heterocycles. The molecule has 27 heteroatoms. The SMILES string of the molecule is CC1CCCOC1.CCCOC(F)F.CCCOCC.CCCOc1ccc(C)cc1.CCOC(=O)N1CCS(=O)(=O)CC1.CCOC(F)F.CCOc1ccc(C)cc1.CCOc1ccc(F)cc1F.Cc1ccncc1.[C-]#[N+]CCOCC.[C-]#[N+]c1ccc(F)c(OCC)c1.[C-]#[N+]c1cccc(OCCC)c1. The number of alkyl halides is 4. The maximum Gasteiger partial charge on any atom is 0.409 e. The predicted octanol–water partition coefficient (Wildman–Crippen LogP) is 21.3. The fraction of sp³-hybridized carbons (Fsp3) is 0.524. The van der Waals surface area contributed by atoms with E-state index in [-0.39, 0.29) is 49.3 Å². The van der Waals surface area contributed by atoms with Crippen LogP contribution in [-0.4, -0.2) is 161 Å². The molecule has 1 unspecified atom stereocenters. The number of amides is 1. The molecule has 1 aromatic heterocycles. The van der Waals surface area contributed by atoms with Gasteiger partial charge in [-0.15, -0.1) is 0 Å². The minimum absolute atomic E-state index is 0.0474. The van der Waals surface area contributed by atoms with Crippen molar-refractivity contribution in [1.29, 1.82) is 0 Å². The Bertz CT molecular complexity index is 3330. The van der Waals surface area contributed by atoms with Crippen molar-refractivity contribution in [3.63, 3.8) is 0 Å². The molecule has 2 saturated heterocycles. The Balaban J connectivity index is -0.000000557. The Labute approximate surface area is 646 Å². The lowest BCUT2D eigenvalue weighted by molar-refractivity contribution is -0.128. The first-order chi connectivity index (χ1) is 52.2. The lowest BCUT2D eigenvalue weighted by Crippen LogP contribution is -2.43. The van der Waals surface area contributed by atoms with Gasteiger partial charge in [0.2, 0.25) is 6.54 Å². The fourth-order valence-electron chi connectivity index (χ4n) is 7.41. The molecule has 0 saturated carbocycles. The molecule has 0 spiro atoms. The third-order valence-corrected chi connectivity index (χ3v) is 14.3. The number of carbonyl (C=O) groups is 1. The molecule has 2 fully saturated rings. The van der Waals surface area contributed by atoms with Crippen LogP contribution in [0.4, 0.5) is 46.9 Å². The minimum Gasteiger partial charge on any atom is -0.495 e. The summed E-state index contributed by atoms with van der Waals surface area (Å²) in [6, 6.07) is 34.6. The molecule has 1 atom stereocenters. The third kappa shape index (κ3) is 68.3. The van der Waals surface area contributed by atoms with Gasteiger partial charge < -0.3 is 61.9 Å². The molecule has 19 nitrogen and oxygen atoms in total. The van der Waals surface area contributed by atoms with Crippen LogP contribution in [0.25, 0.3) is 14.5 Å². The highest BCUT2D eigenvalue weighted by molar-refractivity contribution is 7.91. The van der Waals surface area contributed by atoms with Crippen molar-refractivity contribution >= 4 is 27.3 Å². The second kappa shape index (κ2) is 74.7. The molecule has 2 aliphatic rings. The molecular formula is C82H120F7N5O14S. The van der Waals surface area contributed by atoms with Crippen LogP contribution in [0, 0.1) is 63.9 Å². The van der Waals surface area contributed by atoms with Crippen LogP contribution in [0.1, 0.15) is 138 Å². The highest BCUT2D eigenvalue weighted by Gasteiger charge is 2.25. The molecule has 2 aliphatic heterocycles. The quantitative estimate of drug-likeness (QED) is 0.0317. The largest absolute Gasteiger partial charge is 0.495 e. The van der Waals surface area contributed by atoms with Crippen LogP contribution in [0.3, 0.4) is 0 Å². The van der Waals surface area contributed by atoms with E-state index in [9.17, 15) is 43.9 Å². The number of aryl methyl sites for hydroxylation is 3. The van der Waals surface area contributed by atoms with Gasteiger partial charge in [-0.1, -0.05) is 88.2 Å². The lowest BCUT2D eigenvalue weighted by Gasteiger charge is -2.25. The number of benzene rings is 5. The van der Waals surface area contributed by atoms with E-state index in [0.717, 1.165) is 101 Å². The number of nitrogens with zero attached hydrogens (tertiary/aromatic N) is 5. The van der Waals surface area contributed by atoms with E-state index >= 15 is 0 Å². The third-order valence-electron chi connectivity index (χ3n) is 12.7. The van der Waals surface area contributed by atoms with Crippen LogP contribution in [0.5, 0.6) is 28.7 Å². The van der Waals surface area contributed by atoms with Gasteiger partial charge in [0.05, 0.1) is 70.9 Å². The molecule has 1 amide bonds. The summed E-state index contributed by atoms with van der Waals surface area (Å²) in [5.41, 5.74) is 4.82. The van der Waals surface area contributed by atoms with Gasteiger partial charge in [0, 0.05) is 71.2 Å². The molecule has 5 aromatic carbocycles. The smallest absolute Gasteiger partial charge is 0.409 e. The minimum atomic E-state index is -2.91. The lowest BCUT2D eigenvalue weighted by atomic mass is 10.1. The Kier molecular flexibility index (Phi) is 73.1. The van der Waals surface area contributed by atoms with E-state index in [1.54, 1.807) is 52.2 Å². The first-order valence-corrected chi connectivity index (χ1v) is 38.3. The standard InChI is InChI=1S/C10H11NO.C10H14O.C9H8FNO.C9H12O.C8H8F2O.C7H13NO4S.C6H7N.C6H12O.C5H9NO.C5H12O.C4H8F2O.C3H6F2O/c1-3-7-12-10-6-4-5-9(8-10)11-2;1-3-8-11-10-6-4-9(2)5-7-10;1-3-12-9-6-7(11-2)4-5-8(9)10;1-3-10-9-6-4-8(2)5-7-9;1-2-11-8-4-3-6(9)5-7(8)10;1-2-12-7(9)8-3-5-13(10,11)6-4-8;1-6-2-4-7-5-3-6;1-6-3-2-4-7-5-6;1-3-7-5-4-6-2;1-3-5-6-4-2;1-2-3-7-4(5)6;1-2-6-3(4)5/h4-6,8H,3,7H2,1H3;4-7H,3,8H2,1-2H3;4-6H,3H2,1H3;4-7H,3H2,1-2H3;3-5H,2H2,1H3;2-6H2,1H3;2-5H,1H3;6H,2-5H2,1H3;3-5H2,1H3;3-5H2,1-2H3;4H,2-3H2,1H3;3H,2H2,1H3. The van der Waals surface area contributed by atoms with Gasteiger partial charge in [-0.05, 0) is 192 Å². The molecule has 0 N–H and O–H groups in total. The Morgan fingerprint density at radius 3 is 1.43 bits per heavy atom. The van der Waals surface area contributed by atoms with Crippen LogP contribution in [-0.2, 0) is 38.3 Å². The number of sulfone groups is 1. The summed E-state index contributed by atoms with van der Waals surface area (Å²) >= 11 is 0. The number of aromatic nitrogens is 1. The maximum atomic E-state index is 12.9. The van der Waals surface area contributed by atoms with E-state index in [4.69, 9.17) is 62.3 Å². The highest BCUT2D eigenvalue weighted by Crippen LogP contribution is 2.24. The summed E-state index contributed by atoms with van der Waals surface area (Å²) < 4.78 is 157. The Morgan fingerprint density at radius 2 is 1.04 bits per heavy atom. The summed E-state index contributed by atoms with van der Waals surface area (Å²) in [6.45, 7) is 53.4. The van der Waals surface area contributed by atoms with Gasteiger partial charge in [-0.25, -0.2) is 42.6 Å². The number of pyridine rings is 1. The fourth-order valence-corrected chi connectivity index (χ4v) is 8.61. The van der Waals surface area contributed by atoms with Crippen molar-refractivity contribution in [2.24, 2.45) is 5.92 Å². The van der Waals surface area contributed by atoms with Crippen molar-refractivity contribution in [2.45, 2.75) is 156 Å². The van der Waals surface area contributed by atoms with Crippen LogP contribution in [0.2, 0.25) is 0 Å². The van der Waals surface area contributed by atoms with Gasteiger partial charge in [0.25, 0.3) is 0 Å². The van der Waals surface area contributed by atoms with Crippen LogP contribution < -0.4 is 23.7 Å². The second-order valence-electron chi connectivity index (χ2n) is 22.3. The summed E-state index contributed by atoms with van der Waals surface area (Å²) in [5, 5.41) is 0. The Morgan fingerprint density at radius 1 is 0.532 bits per heavy atom. The summed E-state index contributed by atoms with van der Waals surface area (Å²) in [7, 11) is -2.91. The summed E-state index contributed by atoms with van der Waals surface area (Å²) in [6.07, 6.45) is 9.61. The van der Waals surface area contributed by atoms with E-state index in [1.165, 1.54) is 65.6 Å². The predicted molar refractivity (Wildman–Crippen MR) is 419 cm³/mol. The zero-order chi connectivity index (χ0) is 82.7. The van der Waals surface area contributed by atoms with Crippen molar-refractivity contribution in [2.75, 3.05) is 124 Å². The topological polar surface area (TPSA) is 182 Å². The van der Waals surface area contributed by atoms with E-state index in [1.807, 2.05) is 88.4 Å². The normalized spacial score (nSPS) is 12.2. The van der Waals surface area contributed by atoms with E-state index < -0.39 is 46.6 Å². The first-order valence-electron chi connectivity index (χ1n) is 36.5. The number of hydrogen-bond donors (Lipinski definition) is 0. The number of halogens is 7. The zero-order valence-corrected chi connectivity index (χ0v) is 67.4. The molecule has 612 valence electrons. The van der Waals surface area contributed by atoms with Crippen molar-refractivity contribution < 1.29 is 96.1 Å². The number of ether oxygens (including phenoxy) is 11. The van der Waals surface area contributed by atoms with Crippen LogP contribution in [0.15, 0.2) is 134 Å². The molecule has 0 radical (unpaired) electrons. The van der Waals surface area contributed by atoms with Gasteiger partial charge in [0.1, 0.15) is 35.4 Å². The number of rotatable bonds is 24. The average molecular weight is 1560 g/mol. The molecular weight excluding hydrogens is 1440 g/mol. The van der Waals surface area contributed by atoms with Gasteiger partial charge in [-0.2, -0.15) is 17.6 Å². The van der Waals surface area contributed by atoms with Crippen LogP contribution >= 0.6 is 0 Å². The zero-order valence-electron chi connectivity index (χ0n) is 66.6. The highest BCUT2D eigenvalue weighted by atomic mass is 32.2. The van der Waals surface area contributed by atoms with E-state index in [2.05, 4.69) is 82.7 Å². The second-order valence-corrected chi connectivity index (χ2v) is 24.6. The first kappa shape index (κ1) is 107. The molecule has 0 bridgehead atoms. The average Bonchev–Trinajstić information content (AvgIpc) is 0.864. The molecule has 8 rings (SSSR count). The maximum absolute atomic E-state index is 12.9. The van der Waals surface area contributed by atoms with E-state index in [0.29, 0.717) is 57.4 Å². The van der Waals surface area contributed by atoms with Gasteiger partial charge >= 0.3 is 19.3 Å². The van der Waals surface area contributed by atoms with Crippen molar-refractivity contribution in [1.82, 2.24) is 9.88 Å². The monoisotopic (exact) mass is 1560 g/mol. The number of hydrogen-bond acceptors (Lipinski definition) is 15. The van der Waals surface area contributed by atoms with Gasteiger partial charge in [-0.3, -0.25) is 4.98 Å². The summed E-state index contributed by atoms with van der Waals surface area (Å²) in [4.78, 5) is 26.0. The van der Waals surface area contributed by atoms with Crippen molar-refractivity contribution in [3.8, 4) is 28.7 Å². The molecule has 0 aliphatic carbocycles. The Hall–Kier alpha value is -8.75. The molecule has 6 aromatic rings. The van der Waals surface area contributed by atoms with Crippen molar-refractivity contribution in [3.05, 3.63) is 202 Å². The molecule has 109 heavy (non-hydrogen) atoms. The summed E-state index contributed by atoms with van der Waals surface area (Å²) in [5.74, 6) is 2.17.